The molecule has 0 atom stereocenters. The highest BCUT2D eigenvalue weighted by atomic mass is 16.5. The fraction of sp³-hybridized carbons (Fsp3) is 0.500. The Bertz CT molecular complexity index is 447. The molecule has 0 amide bonds. The van der Waals surface area contributed by atoms with Crippen LogP contribution < -0.4 is 10.1 Å². The van der Waals surface area contributed by atoms with Crippen molar-refractivity contribution in [3.8, 4) is 11.8 Å². The fourth-order valence-corrected chi connectivity index (χ4v) is 2.12. The molecule has 0 aliphatic heterocycles. The van der Waals surface area contributed by atoms with Gasteiger partial charge in [-0.2, -0.15) is 5.26 Å². The van der Waals surface area contributed by atoms with E-state index in [1.54, 1.807) is 7.11 Å². The molecule has 1 N–H and O–H groups in total. The Balaban J connectivity index is 2.10. The molecule has 3 nitrogen and oxygen atoms in total. The van der Waals surface area contributed by atoms with Crippen LogP contribution in [-0.2, 0) is 0 Å². The van der Waals surface area contributed by atoms with Crippen LogP contribution in [-0.4, -0.2) is 13.7 Å². The van der Waals surface area contributed by atoms with E-state index in [0.29, 0.717) is 0 Å². The molecule has 0 spiro atoms. The first kappa shape index (κ1) is 11.8. The summed E-state index contributed by atoms with van der Waals surface area (Å²) in [5.41, 5.74) is 3.21. The van der Waals surface area contributed by atoms with E-state index >= 15 is 0 Å². The van der Waals surface area contributed by atoms with Crippen LogP contribution in [0, 0.1) is 30.6 Å². The van der Waals surface area contributed by atoms with Crippen molar-refractivity contribution in [3.63, 3.8) is 0 Å². The first-order valence-electron chi connectivity index (χ1n) is 5.90. The molecule has 1 aliphatic carbocycles. The minimum atomic E-state index is -0.109. The van der Waals surface area contributed by atoms with Crippen molar-refractivity contribution in [2.45, 2.75) is 26.7 Å². The highest BCUT2D eigenvalue weighted by Crippen LogP contribution is 2.44. The third-order valence-electron chi connectivity index (χ3n) is 3.39. The van der Waals surface area contributed by atoms with Gasteiger partial charge in [0.1, 0.15) is 5.75 Å². The molecule has 1 aliphatic rings. The summed E-state index contributed by atoms with van der Waals surface area (Å²) in [5, 5.41) is 12.4. The molecule has 1 fully saturated rings. The smallest absolute Gasteiger partial charge is 0.124 e. The number of aryl methyl sites for hydroxylation is 2. The number of anilines is 1. The van der Waals surface area contributed by atoms with Crippen LogP contribution in [0.15, 0.2) is 12.1 Å². The average Bonchev–Trinajstić information content (AvgIpc) is 3.07. The first-order chi connectivity index (χ1) is 8.10. The standard InChI is InChI=1S/C14H18N2O/c1-10-6-12(7-11(2)13(10)17-3)16-9-14(8-15)4-5-14/h6-7,16H,4-5,9H2,1-3H3. The number of rotatable bonds is 4. The van der Waals surface area contributed by atoms with Gasteiger partial charge in [0.15, 0.2) is 0 Å². The second-order valence-corrected chi connectivity index (χ2v) is 4.89. The van der Waals surface area contributed by atoms with E-state index in [9.17, 15) is 0 Å². The van der Waals surface area contributed by atoms with Gasteiger partial charge in [0, 0.05) is 12.2 Å². The Morgan fingerprint density at radius 2 is 1.94 bits per heavy atom. The van der Waals surface area contributed by atoms with Crippen LogP contribution in [0.25, 0.3) is 0 Å². The van der Waals surface area contributed by atoms with Crippen molar-refractivity contribution in [1.29, 1.82) is 5.26 Å². The van der Waals surface area contributed by atoms with E-state index in [0.717, 1.165) is 42.0 Å². The minimum absolute atomic E-state index is 0.109. The normalized spacial score (nSPS) is 16.1. The second-order valence-electron chi connectivity index (χ2n) is 4.89. The summed E-state index contributed by atoms with van der Waals surface area (Å²) < 4.78 is 5.33. The number of benzene rings is 1. The van der Waals surface area contributed by atoms with Gasteiger partial charge in [-0.3, -0.25) is 0 Å². The first-order valence-corrected chi connectivity index (χ1v) is 5.90. The maximum atomic E-state index is 9.02. The SMILES string of the molecule is COc1c(C)cc(NCC2(C#N)CC2)cc1C. The zero-order chi connectivity index (χ0) is 12.5. The Morgan fingerprint density at radius 1 is 1.35 bits per heavy atom. The van der Waals surface area contributed by atoms with E-state index in [1.165, 1.54) is 0 Å². The van der Waals surface area contributed by atoms with Crippen LogP contribution in [0.3, 0.4) is 0 Å². The summed E-state index contributed by atoms with van der Waals surface area (Å²) in [6.07, 6.45) is 2.04. The summed E-state index contributed by atoms with van der Waals surface area (Å²) >= 11 is 0. The third-order valence-corrected chi connectivity index (χ3v) is 3.39. The quantitative estimate of drug-likeness (QED) is 0.864. The monoisotopic (exact) mass is 230 g/mol. The molecule has 17 heavy (non-hydrogen) atoms. The summed E-state index contributed by atoms with van der Waals surface area (Å²) in [6.45, 7) is 4.82. The van der Waals surface area contributed by atoms with Crippen molar-refractivity contribution in [2.24, 2.45) is 5.41 Å². The van der Waals surface area contributed by atoms with Crippen molar-refractivity contribution in [1.82, 2.24) is 0 Å². The van der Waals surface area contributed by atoms with Crippen LogP contribution in [0.1, 0.15) is 24.0 Å². The number of nitriles is 1. The van der Waals surface area contributed by atoms with Gasteiger partial charge in [0.05, 0.1) is 18.6 Å². The third kappa shape index (κ3) is 2.36. The van der Waals surface area contributed by atoms with E-state index in [1.807, 2.05) is 13.8 Å². The van der Waals surface area contributed by atoms with Crippen LogP contribution in [0.4, 0.5) is 5.69 Å². The number of nitrogens with one attached hydrogen (secondary N) is 1. The van der Waals surface area contributed by atoms with Gasteiger partial charge in [0.2, 0.25) is 0 Å². The highest BCUT2D eigenvalue weighted by molar-refractivity contribution is 5.55. The average molecular weight is 230 g/mol. The highest BCUT2D eigenvalue weighted by Gasteiger charge is 2.42. The zero-order valence-electron chi connectivity index (χ0n) is 10.6. The van der Waals surface area contributed by atoms with Gasteiger partial charge in [-0.25, -0.2) is 0 Å². The number of ether oxygens (including phenoxy) is 1. The molecular weight excluding hydrogens is 212 g/mol. The molecule has 0 unspecified atom stereocenters. The van der Waals surface area contributed by atoms with Gasteiger partial charge in [-0.05, 0) is 49.9 Å². The number of nitrogens with zero attached hydrogens (tertiary/aromatic N) is 1. The molecule has 2 rings (SSSR count). The lowest BCUT2D eigenvalue weighted by molar-refractivity contribution is 0.408. The summed E-state index contributed by atoms with van der Waals surface area (Å²) in [4.78, 5) is 0. The summed E-state index contributed by atoms with van der Waals surface area (Å²) in [7, 11) is 1.69. The lowest BCUT2D eigenvalue weighted by Gasteiger charge is -2.14. The lowest BCUT2D eigenvalue weighted by atomic mass is 10.1. The molecule has 0 radical (unpaired) electrons. The number of methoxy groups -OCH3 is 1. The molecule has 1 saturated carbocycles. The van der Waals surface area contributed by atoms with Crippen molar-refractivity contribution >= 4 is 5.69 Å². The van der Waals surface area contributed by atoms with E-state index in [2.05, 4.69) is 23.5 Å². The molecule has 0 aromatic heterocycles. The Hall–Kier alpha value is -1.69. The van der Waals surface area contributed by atoms with Crippen molar-refractivity contribution in [3.05, 3.63) is 23.3 Å². The minimum Gasteiger partial charge on any atom is -0.496 e. The predicted octanol–water partition coefficient (Wildman–Crippen LogP) is 3.03. The fourth-order valence-electron chi connectivity index (χ4n) is 2.12. The molecular formula is C14H18N2O. The van der Waals surface area contributed by atoms with E-state index in [4.69, 9.17) is 10.00 Å². The topological polar surface area (TPSA) is 45.0 Å². The van der Waals surface area contributed by atoms with E-state index < -0.39 is 0 Å². The Labute approximate surface area is 102 Å². The molecule has 0 saturated heterocycles. The molecule has 1 aromatic carbocycles. The van der Waals surface area contributed by atoms with Crippen LogP contribution >= 0.6 is 0 Å². The summed E-state index contributed by atoms with van der Waals surface area (Å²) in [6, 6.07) is 6.52. The largest absolute Gasteiger partial charge is 0.496 e. The maximum Gasteiger partial charge on any atom is 0.124 e. The van der Waals surface area contributed by atoms with Crippen molar-refractivity contribution < 1.29 is 4.74 Å². The van der Waals surface area contributed by atoms with Crippen LogP contribution in [0.5, 0.6) is 5.75 Å². The van der Waals surface area contributed by atoms with Gasteiger partial charge in [0.25, 0.3) is 0 Å². The van der Waals surface area contributed by atoms with Gasteiger partial charge < -0.3 is 10.1 Å². The zero-order valence-corrected chi connectivity index (χ0v) is 10.6. The van der Waals surface area contributed by atoms with Crippen molar-refractivity contribution in [2.75, 3.05) is 19.0 Å². The van der Waals surface area contributed by atoms with Gasteiger partial charge >= 0.3 is 0 Å². The maximum absolute atomic E-state index is 9.02. The van der Waals surface area contributed by atoms with Crippen LogP contribution in [0.2, 0.25) is 0 Å². The van der Waals surface area contributed by atoms with Gasteiger partial charge in [-0.1, -0.05) is 0 Å². The van der Waals surface area contributed by atoms with E-state index in [-0.39, 0.29) is 5.41 Å². The molecule has 1 aromatic rings. The molecule has 0 heterocycles. The summed E-state index contributed by atoms with van der Waals surface area (Å²) in [5.74, 6) is 0.942. The molecule has 0 bridgehead atoms. The Morgan fingerprint density at radius 3 is 2.35 bits per heavy atom. The Kier molecular flexibility index (Phi) is 2.97. The molecule has 3 heteroatoms. The van der Waals surface area contributed by atoms with Gasteiger partial charge in [-0.15, -0.1) is 0 Å². The number of hydrogen-bond donors (Lipinski definition) is 1. The number of hydrogen-bond acceptors (Lipinski definition) is 3. The molecule has 90 valence electrons. The second kappa shape index (κ2) is 4.29. The lowest BCUT2D eigenvalue weighted by Crippen LogP contribution is -2.13. The predicted molar refractivity (Wildman–Crippen MR) is 68.2 cm³/mol.